The maximum Gasteiger partial charge on any atom is 0.269 e. The van der Waals surface area contributed by atoms with Gasteiger partial charge in [0.25, 0.3) is 11.6 Å². The molecule has 1 heterocycles. The normalized spacial score (nSPS) is 14.2. The summed E-state index contributed by atoms with van der Waals surface area (Å²) in [6, 6.07) is 11.5. The second kappa shape index (κ2) is 10.0. The molecule has 1 N–H and O–H groups in total. The second-order valence-electron chi connectivity index (χ2n) is 7.51. The Morgan fingerprint density at radius 3 is 2.23 bits per heavy atom. The van der Waals surface area contributed by atoms with Gasteiger partial charge in [-0.15, -0.1) is 0 Å². The Kier molecular flexibility index (Phi) is 7.19. The van der Waals surface area contributed by atoms with E-state index in [2.05, 4.69) is 5.32 Å². The van der Waals surface area contributed by atoms with E-state index in [4.69, 9.17) is 4.74 Å². The number of hydrogen-bond donors (Lipinski definition) is 1. The zero-order valence-electron chi connectivity index (χ0n) is 17.7. The van der Waals surface area contributed by atoms with E-state index in [1.807, 2.05) is 36.9 Å². The predicted molar refractivity (Wildman–Crippen MR) is 116 cm³/mol. The Bertz CT molecular complexity index is 933. The number of nitrogens with one attached hydrogen (secondary N) is 1. The van der Waals surface area contributed by atoms with E-state index < -0.39 is 4.92 Å². The quantitative estimate of drug-likeness (QED) is 0.538. The lowest BCUT2D eigenvalue weighted by molar-refractivity contribution is -0.384. The topological polar surface area (TPSA) is 105 Å². The highest BCUT2D eigenvalue weighted by Gasteiger charge is 2.23. The highest BCUT2D eigenvalue weighted by molar-refractivity contribution is 5.93. The summed E-state index contributed by atoms with van der Waals surface area (Å²) < 4.78 is 5.44. The molecule has 1 fully saturated rings. The summed E-state index contributed by atoms with van der Waals surface area (Å²) in [6.07, 6.45) is 0. The minimum absolute atomic E-state index is 0.0311. The van der Waals surface area contributed by atoms with E-state index in [0.29, 0.717) is 31.9 Å². The number of aryl methyl sites for hydroxylation is 2. The molecule has 9 heteroatoms. The van der Waals surface area contributed by atoms with Crippen LogP contribution in [0.25, 0.3) is 0 Å². The summed E-state index contributed by atoms with van der Waals surface area (Å²) in [7, 11) is 0. The summed E-state index contributed by atoms with van der Waals surface area (Å²) in [5.74, 6) is 0.178. The molecule has 0 aromatic heterocycles. The van der Waals surface area contributed by atoms with Crippen molar-refractivity contribution in [1.29, 1.82) is 0 Å². The number of anilines is 1. The van der Waals surface area contributed by atoms with Gasteiger partial charge in [0.05, 0.1) is 11.5 Å². The first-order valence-corrected chi connectivity index (χ1v) is 10.1. The maximum absolute atomic E-state index is 12.4. The highest BCUT2D eigenvalue weighted by atomic mass is 16.6. The number of nitrogens with zero attached hydrogens (tertiary/aromatic N) is 3. The van der Waals surface area contributed by atoms with Crippen LogP contribution in [0.15, 0.2) is 42.5 Å². The molecule has 0 spiro atoms. The molecule has 0 bridgehead atoms. The minimum Gasteiger partial charge on any atom is -0.484 e. The average Bonchev–Trinajstić information content (AvgIpc) is 2.75. The molecule has 0 radical (unpaired) electrons. The molecule has 1 saturated heterocycles. The fourth-order valence-corrected chi connectivity index (χ4v) is 3.45. The van der Waals surface area contributed by atoms with E-state index >= 15 is 0 Å². The van der Waals surface area contributed by atoms with Gasteiger partial charge in [0, 0.05) is 44.0 Å². The Morgan fingerprint density at radius 2 is 1.65 bits per heavy atom. The minimum atomic E-state index is -0.489. The molecule has 0 atom stereocenters. The molecule has 2 aromatic carbocycles. The average molecular weight is 426 g/mol. The molecule has 2 aromatic rings. The van der Waals surface area contributed by atoms with E-state index in [1.54, 1.807) is 4.90 Å². The number of amides is 2. The van der Waals surface area contributed by atoms with Crippen molar-refractivity contribution in [1.82, 2.24) is 9.80 Å². The van der Waals surface area contributed by atoms with Crippen LogP contribution in [0, 0.1) is 24.0 Å². The van der Waals surface area contributed by atoms with Gasteiger partial charge in [-0.2, -0.15) is 0 Å². The highest BCUT2D eigenvalue weighted by Crippen LogP contribution is 2.20. The molecular formula is C22H26N4O5. The molecule has 3 rings (SSSR count). The van der Waals surface area contributed by atoms with Gasteiger partial charge in [0.15, 0.2) is 6.61 Å². The number of carbonyl (C=O) groups is 2. The predicted octanol–water partition coefficient (Wildman–Crippen LogP) is 2.37. The van der Waals surface area contributed by atoms with Gasteiger partial charge in [0.2, 0.25) is 5.91 Å². The largest absolute Gasteiger partial charge is 0.484 e. The molecule has 1 aliphatic rings. The summed E-state index contributed by atoms with van der Waals surface area (Å²) in [5.41, 5.74) is 2.87. The lowest BCUT2D eigenvalue weighted by atomic mass is 10.1. The lowest BCUT2D eigenvalue weighted by Gasteiger charge is -2.34. The number of para-hydroxylation sites is 1. The number of benzene rings is 2. The summed E-state index contributed by atoms with van der Waals surface area (Å²) in [6.45, 7) is 6.29. The number of hydrogen-bond acceptors (Lipinski definition) is 6. The van der Waals surface area contributed by atoms with Gasteiger partial charge in [-0.25, -0.2) is 0 Å². The first kappa shape index (κ1) is 22.2. The number of rotatable bonds is 7. The summed E-state index contributed by atoms with van der Waals surface area (Å²) in [4.78, 5) is 38.7. The van der Waals surface area contributed by atoms with E-state index in [9.17, 15) is 19.7 Å². The van der Waals surface area contributed by atoms with Crippen LogP contribution >= 0.6 is 0 Å². The Balaban J connectivity index is 1.42. The molecule has 164 valence electrons. The van der Waals surface area contributed by atoms with Gasteiger partial charge < -0.3 is 15.0 Å². The Hall–Kier alpha value is -3.46. The number of piperazine rings is 1. The first-order valence-electron chi connectivity index (χ1n) is 10.1. The van der Waals surface area contributed by atoms with Crippen molar-refractivity contribution in [3.05, 3.63) is 63.7 Å². The van der Waals surface area contributed by atoms with Gasteiger partial charge in [0.1, 0.15) is 5.75 Å². The van der Waals surface area contributed by atoms with Crippen LogP contribution in [0.5, 0.6) is 5.75 Å². The zero-order chi connectivity index (χ0) is 22.4. The number of carbonyl (C=O) groups excluding carboxylic acids is 2. The third-order valence-electron chi connectivity index (χ3n) is 5.25. The van der Waals surface area contributed by atoms with Gasteiger partial charge >= 0.3 is 0 Å². The number of nitro benzene ring substituents is 1. The zero-order valence-corrected chi connectivity index (χ0v) is 17.7. The van der Waals surface area contributed by atoms with Crippen molar-refractivity contribution < 1.29 is 19.2 Å². The van der Waals surface area contributed by atoms with Crippen molar-refractivity contribution in [2.75, 3.05) is 44.6 Å². The lowest BCUT2D eigenvalue weighted by Crippen LogP contribution is -2.51. The number of ether oxygens (including phenoxy) is 1. The summed E-state index contributed by atoms with van der Waals surface area (Å²) >= 11 is 0. The molecule has 9 nitrogen and oxygen atoms in total. The van der Waals surface area contributed by atoms with Crippen LogP contribution in [0.1, 0.15) is 11.1 Å². The van der Waals surface area contributed by atoms with Crippen LogP contribution < -0.4 is 10.1 Å². The van der Waals surface area contributed by atoms with Gasteiger partial charge in [-0.05, 0) is 37.1 Å². The van der Waals surface area contributed by atoms with E-state index in [1.165, 1.54) is 24.3 Å². The van der Waals surface area contributed by atoms with E-state index in [-0.39, 0.29) is 30.7 Å². The molecule has 0 aliphatic carbocycles. The first-order chi connectivity index (χ1) is 14.8. The smallest absolute Gasteiger partial charge is 0.269 e. The van der Waals surface area contributed by atoms with E-state index in [0.717, 1.165) is 16.8 Å². The standard InChI is InChI=1S/C22H26N4O5/c1-16-4-3-5-17(2)22(16)23-20(27)14-24-10-12-25(13-11-24)21(28)15-31-19-8-6-18(7-9-19)26(29)30/h3-9H,10-15H2,1-2H3,(H,23,27). The third kappa shape index (κ3) is 6.02. The number of nitro groups is 1. The molecule has 0 saturated carbocycles. The molecule has 1 aliphatic heterocycles. The van der Waals surface area contributed by atoms with Crippen LogP contribution in [-0.4, -0.2) is 65.9 Å². The fourth-order valence-electron chi connectivity index (χ4n) is 3.45. The molecule has 0 unspecified atom stereocenters. The van der Waals surface area contributed by atoms with Crippen molar-refractivity contribution in [2.45, 2.75) is 13.8 Å². The fraction of sp³-hybridized carbons (Fsp3) is 0.364. The monoisotopic (exact) mass is 426 g/mol. The van der Waals surface area contributed by atoms with Crippen molar-refractivity contribution >= 4 is 23.2 Å². The molecule has 2 amide bonds. The summed E-state index contributed by atoms with van der Waals surface area (Å²) in [5, 5.41) is 13.7. The van der Waals surface area contributed by atoms with Gasteiger partial charge in [-0.1, -0.05) is 18.2 Å². The van der Waals surface area contributed by atoms with Crippen LogP contribution in [-0.2, 0) is 9.59 Å². The third-order valence-corrected chi connectivity index (χ3v) is 5.25. The molecule has 31 heavy (non-hydrogen) atoms. The Labute approximate surface area is 180 Å². The van der Waals surface area contributed by atoms with Crippen molar-refractivity contribution in [2.24, 2.45) is 0 Å². The van der Waals surface area contributed by atoms with Crippen LogP contribution in [0.3, 0.4) is 0 Å². The van der Waals surface area contributed by atoms with Gasteiger partial charge in [-0.3, -0.25) is 24.6 Å². The molecular weight excluding hydrogens is 400 g/mol. The van der Waals surface area contributed by atoms with Crippen LogP contribution in [0.4, 0.5) is 11.4 Å². The SMILES string of the molecule is Cc1cccc(C)c1NC(=O)CN1CCN(C(=O)COc2ccc([N+](=O)[O-])cc2)CC1. The van der Waals surface area contributed by atoms with Crippen molar-refractivity contribution in [3.63, 3.8) is 0 Å². The number of non-ortho nitro benzene ring substituents is 1. The maximum atomic E-state index is 12.4. The Morgan fingerprint density at radius 1 is 1.03 bits per heavy atom. The van der Waals surface area contributed by atoms with Crippen molar-refractivity contribution in [3.8, 4) is 5.75 Å². The van der Waals surface area contributed by atoms with Crippen LogP contribution in [0.2, 0.25) is 0 Å². The second-order valence-corrected chi connectivity index (χ2v) is 7.51.